The highest BCUT2D eigenvalue weighted by Gasteiger charge is 2.57. The zero-order valence-electron chi connectivity index (χ0n) is 16.6. The Morgan fingerprint density at radius 1 is 1.20 bits per heavy atom. The third kappa shape index (κ3) is 4.74. The number of hydrogen-bond acceptors (Lipinski definition) is 4. The predicted molar refractivity (Wildman–Crippen MR) is 119 cm³/mol. The average molecular weight is 480 g/mol. The summed E-state index contributed by atoms with van der Waals surface area (Å²) in [7, 11) is 4.08. The van der Waals surface area contributed by atoms with E-state index in [0.717, 1.165) is 5.30 Å². The Morgan fingerprint density at radius 2 is 1.73 bits per heavy atom. The second kappa shape index (κ2) is 8.84. The SMILES string of the molecule is CC(=O)PC(C)(C)c1c(F)c(-c2ccc(P)cc2)nc([C@](O)(CN)C(F)(F)F)c1P. The number of aliphatic hydroxyl groups is 1. The zero-order valence-corrected chi connectivity index (χ0v) is 19.9. The second-order valence-electron chi connectivity index (χ2n) is 7.40. The van der Waals surface area contributed by atoms with Crippen molar-refractivity contribution in [2.24, 2.45) is 5.73 Å². The topological polar surface area (TPSA) is 76.2 Å². The lowest BCUT2D eigenvalue weighted by Crippen LogP contribution is -2.51. The van der Waals surface area contributed by atoms with Gasteiger partial charge in [0.25, 0.3) is 0 Å². The molecule has 0 aliphatic rings. The molecule has 4 atom stereocenters. The van der Waals surface area contributed by atoms with Crippen LogP contribution >= 0.6 is 27.1 Å². The predicted octanol–water partition coefficient (Wildman–Crippen LogP) is 3.06. The molecule has 2 aromatic rings. The first-order valence-corrected chi connectivity index (χ1v) is 10.9. The van der Waals surface area contributed by atoms with Gasteiger partial charge < -0.3 is 10.8 Å². The summed E-state index contributed by atoms with van der Waals surface area (Å²) < 4.78 is 57.0. The molecule has 30 heavy (non-hydrogen) atoms. The normalized spacial score (nSPS) is 14.9. The molecule has 2 rings (SSSR count). The van der Waals surface area contributed by atoms with Gasteiger partial charge in [-0.2, -0.15) is 13.2 Å². The Hall–Kier alpha value is -1.03. The summed E-state index contributed by atoms with van der Waals surface area (Å²) in [5.74, 6) is -0.847. The molecule has 3 N–H and O–H groups in total. The first-order chi connectivity index (χ1) is 13.7. The monoisotopic (exact) mass is 480 g/mol. The van der Waals surface area contributed by atoms with Crippen LogP contribution in [-0.4, -0.2) is 28.3 Å². The van der Waals surface area contributed by atoms with E-state index in [1.807, 2.05) is 9.24 Å². The molecule has 0 fully saturated rings. The number of aromatic nitrogens is 1. The number of rotatable bonds is 6. The molecule has 1 heterocycles. The lowest BCUT2D eigenvalue weighted by Gasteiger charge is -2.34. The van der Waals surface area contributed by atoms with Gasteiger partial charge in [-0.3, -0.25) is 4.79 Å². The summed E-state index contributed by atoms with van der Waals surface area (Å²) in [5, 5.41) is 9.86. The number of nitrogens with zero attached hydrogens (tertiary/aromatic N) is 1. The maximum Gasteiger partial charge on any atom is 0.424 e. The van der Waals surface area contributed by atoms with Crippen LogP contribution in [-0.2, 0) is 15.6 Å². The summed E-state index contributed by atoms with van der Waals surface area (Å²) in [5.41, 5.74) is 0.534. The Labute approximate surface area is 178 Å². The van der Waals surface area contributed by atoms with Crippen LogP contribution in [0.1, 0.15) is 32.0 Å². The molecular formula is C19H23F4N2O2P3. The highest BCUT2D eigenvalue weighted by molar-refractivity contribution is 7.58. The van der Waals surface area contributed by atoms with Crippen LogP contribution in [0.25, 0.3) is 11.3 Å². The Kier molecular flexibility index (Phi) is 7.44. The van der Waals surface area contributed by atoms with Gasteiger partial charge in [-0.1, -0.05) is 38.1 Å². The number of carbonyl (C=O) groups is 1. The van der Waals surface area contributed by atoms with Crippen LogP contribution in [0.15, 0.2) is 24.3 Å². The van der Waals surface area contributed by atoms with E-state index in [9.17, 15) is 23.1 Å². The quantitative estimate of drug-likeness (QED) is 0.493. The van der Waals surface area contributed by atoms with Crippen molar-refractivity contribution in [3.63, 3.8) is 0 Å². The first kappa shape index (κ1) is 25.2. The number of hydrogen-bond donors (Lipinski definition) is 2. The van der Waals surface area contributed by atoms with Gasteiger partial charge in [0, 0.05) is 28.1 Å². The van der Waals surface area contributed by atoms with Gasteiger partial charge in [0.15, 0.2) is 5.82 Å². The van der Waals surface area contributed by atoms with Crippen molar-refractivity contribution in [3.8, 4) is 11.3 Å². The lowest BCUT2D eigenvalue weighted by atomic mass is 9.91. The van der Waals surface area contributed by atoms with Crippen LogP contribution in [0.4, 0.5) is 17.6 Å². The van der Waals surface area contributed by atoms with Crippen molar-refractivity contribution < 1.29 is 27.5 Å². The van der Waals surface area contributed by atoms with Crippen molar-refractivity contribution in [2.45, 2.75) is 37.7 Å². The van der Waals surface area contributed by atoms with Crippen molar-refractivity contribution in [1.82, 2.24) is 4.98 Å². The summed E-state index contributed by atoms with van der Waals surface area (Å²) in [6.07, 6.45) is -5.15. The van der Waals surface area contributed by atoms with Gasteiger partial charge >= 0.3 is 6.18 Å². The maximum atomic E-state index is 15.7. The molecule has 11 heteroatoms. The third-order valence-electron chi connectivity index (χ3n) is 4.63. The molecule has 0 aliphatic heterocycles. The van der Waals surface area contributed by atoms with Crippen LogP contribution < -0.4 is 16.3 Å². The largest absolute Gasteiger partial charge is 0.424 e. The smallest absolute Gasteiger partial charge is 0.374 e. The summed E-state index contributed by atoms with van der Waals surface area (Å²) >= 11 is 0. The van der Waals surface area contributed by atoms with Crippen LogP contribution in [0.2, 0.25) is 0 Å². The number of benzene rings is 1. The van der Waals surface area contributed by atoms with E-state index in [1.165, 1.54) is 19.1 Å². The standard InChI is InChI=1S/C19H23F4N2O2P3/c1-9(26)30-17(2,3)12-13(20)14(10-4-6-11(28)7-5-10)25-16(15(12)29)18(27,8-24)19(21,22)23/h4-7,27,30H,8,24,28-29H2,1-3H3/t18-/m1/s1. The maximum absolute atomic E-state index is 15.7. The number of pyridine rings is 1. The Morgan fingerprint density at radius 3 is 2.17 bits per heavy atom. The van der Waals surface area contributed by atoms with E-state index in [2.05, 4.69) is 14.2 Å². The lowest BCUT2D eigenvalue weighted by molar-refractivity contribution is -0.263. The number of alkyl halides is 3. The van der Waals surface area contributed by atoms with Gasteiger partial charge in [0.2, 0.25) is 5.60 Å². The van der Waals surface area contributed by atoms with E-state index < -0.39 is 43.6 Å². The second-order valence-corrected chi connectivity index (χ2v) is 10.9. The molecule has 0 spiro atoms. The molecule has 3 unspecified atom stereocenters. The van der Waals surface area contributed by atoms with Crippen molar-refractivity contribution in [2.75, 3.05) is 6.54 Å². The van der Waals surface area contributed by atoms with Crippen molar-refractivity contribution in [3.05, 3.63) is 41.3 Å². The molecule has 0 amide bonds. The van der Waals surface area contributed by atoms with Crippen molar-refractivity contribution in [1.29, 1.82) is 0 Å². The van der Waals surface area contributed by atoms with Gasteiger partial charge in [-0.15, -0.1) is 18.5 Å². The van der Waals surface area contributed by atoms with E-state index in [4.69, 9.17) is 5.73 Å². The molecule has 0 radical (unpaired) electrons. The van der Waals surface area contributed by atoms with E-state index >= 15 is 4.39 Å². The van der Waals surface area contributed by atoms with E-state index in [-0.39, 0.29) is 27.6 Å². The average Bonchev–Trinajstić information content (AvgIpc) is 2.60. The summed E-state index contributed by atoms with van der Waals surface area (Å²) in [4.78, 5) is 15.7. The molecule has 1 aromatic carbocycles. The molecular weight excluding hydrogens is 457 g/mol. The molecule has 0 saturated carbocycles. The van der Waals surface area contributed by atoms with Crippen LogP contribution in [0, 0.1) is 5.82 Å². The third-order valence-corrected chi connectivity index (χ3v) is 6.80. The number of halogens is 4. The fourth-order valence-electron chi connectivity index (χ4n) is 3.18. The minimum atomic E-state index is -5.15. The Balaban J connectivity index is 2.97. The number of nitrogens with two attached hydrogens (primary N) is 1. The van der Waals surface area contributed by atoms with Crippen LogP contribution in [0.3, 0.4) is 0 Å². The van der Waals surface area contributed by atoms with Gasteiger partial charge in [0.1, 0.15) is 11.2 Å². The summed E-state index contributed by atoms with van der Waals surface area (Å²) in [6.45, 7) is 3.25. The zero-order chi connectivity index (χ0) is 23.1. The van der Waals surface area contributed by atoms with Gasteiger partial charge in [-0.25, -0.2) is 9.37 Å². The minimum Gasteiger partial charge on any atom is -0.374 e. The van der Waals surface area contributed by atoms with E-state index in [0.29, 0.717) is 0 Å². The first-order valence-electron chi connectivity index (χ1n) is 8.79. The number of carbonyl (C=O) groups excluding carboxylic acids is 1. The highest BCUT2D eigenvalue weighted by Crippen LogP contribution is 2.46. The molecule has 0 aliphatic carbocycles. The van der Waals surface area contributed by atoms with Gasteiger partial charge in [-0.05, 0) is 20.8 Å². The van der Waals surface area contributed by atoms with E-state index in [1.54, 1.807) is 26.0 Å². The molecule has 164 valence electrons. The fraction of sp³-hybridized carbons (Fsp3) is 0.368. The highest BCUT2D eigenvalue weighted by atomic mass is 31.1. The Bertz CT molecular complexity index is 966. The molecule has 0 bridgehead atoms. The van der Waals surface area contributed by atoms with Crippen molar-refractivity contribution >= 4 is 43.2 Å². The summed E-state index contributed by atoms with van der Waals surface area (Å²) in [6, 6.07) is 6.30. The molecule has 4 nitrogen and oxygen atoms in total. The minimum absolute atomic E-state index is 0.132. The molecule has 1 aromatic heterocycles. The van der Waals surface area contributed by atoms with Gasteiger partial charge in [0.05, 0.1) is 5.69 Å². The molecule has 0 saturated heterocycles. The fourth-order valence-corrected chi connectivity index (χ4v) is 5.56. The van der Waals surface area contributed by atoms with Crippen LogP contribution in [0.5, 0.6) is 0 Å².